The lowest BCUT2D eigenvalue weighted by atomic mass is 9.98. The zero-order valence-corrected chi connectivity index (χ0v) is 15.2. The van der Waals surface area contributed by atoms with Crippen molar-refractivity contribution in [1.82, 2.24) is 9.21 Å². The fourth-order valence-corrected chi connectivity index (χ4v) is 5.19. The molecule has 2 fully saturated rings. The monoisotopic (exact) mass is 368 g/mol. The summed E-state index contributed by atoms with van der Waals surface area (Å²) in [5, 5.41) is 0. The van der Waals surface area contributed by atoms with Gasteiger partial charge in [0.25, 0.3) is 0 Å². The van der Waals surface area contributed by atoms with Crippen LogP contribution >= 0.6 is 0 Å². The zero-order valence-electron chi connectivity index (χ0n) is 14.4. The topological polar surface area (TPSA) is 57.7 Å². The SMILES string of the molecule is O=C([C@H]1CCCN(S(=O)(=O)c2ccc(F)cc2)C1)N1CCCCCC1. The molecule has 2 aliphatic heterocycles. The highest BCUT2D eigenvalue weighted by molar-refractivity contribution is 7.89. The van der Waals surface area contributed by atoms with Crippen LogP contribution in [0.3, 0.4) is 0 Å². The lowest BCUT2D eigenvalue weighted by molar-refractivity contribution is -0.136. The standard InChI is InChI=1S/C18H25FN2O3S/c19-16-7-9-17(10-8-16)25(23,24)21-13-5-6-15(14-21)18(22)20-11-3-1-2-4-12-20/h7-10,15H,1-6,11-14H2/t15-/m0/s1. The van der Waals surface area contributed by atoms with Crippen molar-refractivity contribution < 1.29 is 17.6 Å². The number of hydrogen-bond donors (Lipinski definition) is 0. The van der Waals surface area contributed by atoms with Crippen molar-refractivity contribution in [2.24, 2.45) is 5.92 Å². The smallest absolute Gasteiger partial charge is 0.243 e. The average Bonchev–Trinajstić information content (AvgIpc) is 2.91. The van der Waals surface area contributed by atoms with E-state index in [2.05, 4.69) is 0 Å². The second-order valence-corrected chi connectivity index (χ2v) is 8.83. The molecule has 1 amide bonds. The molecule has 1 aromatic carbocycles. The fourth-order valence-electron chi connectivity index (χ4n) is 3.67. The first-order valence-electron chi connectivity index (χ1n) is 9.03. The van der Waals surface area contributed by atoms with E-state index in [0.717, 1.165) is 57.3 Å². The number of halogens is 1. The van der Waals surface area contributed by atoms with E-state index < -0.39 is 15.8 Å². The molecule has 2 aliphatic rings. The molecule has 0 spiro atoms. The predicted molar refractivity (Wildman–Crippen MR) is 92.9 cm³/mol. The Morgan fingerprint density at radius 2 is 1.60 bits per heavy atom. The van der Waals surface area contributed by atoms with Gasteiger partial charge in [0, 0.05) is 26.2 Å². The van der Waals surface area contributed by atoms with Crippen molar-refractivity contribution in [3.8, 4) is 0 Å². The number of carbonyl (C=O) groups is 1. The first kappa shape index (κ1) is 18.3. The molecule has 0 N–H and O–H groups in total. The molecule has 25 heavy (non-hydrogen) atoms. The van der Waals surface area contributed by atoms with E-state index in [0.29, 0.717) is 13.0 Å². The van der Waals surface area contributed by atoms with Gasteiger partial charge in [-0.3, -0.25) is 4.79 Å². The number of nitrogens with zero attached hydrogens (tertiary/aromatic N) is 2. The molecule has 0 unspecified atom stereocenters. The summed E-state index contributed by atoms with van der Waals surface area (Å²) in [6, 6.07) is 4.86. The Kier molecular flexibility index (Phi) is 5.74. The van der Waals surface area contributed by atoms with E-state index in [1.54, 1.807) is 0 Å². The maximum atomic E-state index is 13.1. The van der Waals surface area contributed by atoms with Crippen LogP contribution in [0.1, 0.15) is 38.5 Å². The third kappa shape index (κ3) is 4.20. The average molecular weight is 368 g/mol. The Labute approximate surface area is 148 Å². The predicted octanol–water partition coefficient (Wildman–Crippen LogP) is 2.63. The summed E-state index contributed by atoms with van der Waals surface area (Å²) >= 11 is 0. The first-order chi connectivity index (χ1) is 12.0. The van der Waals surface area contributed by atoms with Gasteiger partial charge in [-0.2, -0.15) is 4.31 Å². The molecule has 2 saturated heterocycles. The van der Waals surface area contributed by atoms with Crippen molar-refractivity contribution in [2.45, 2.75) is 43.4 Å². The summed E-state index contributed by atoms with van der Waals surface area (Å²) in [4.78, 5) is 14.8. The molecule has 138 valence electrons. The highest BCUT2D eigenvalue weighted by Gasteiger charge is 2.35. The number of likely N-dealkylation sites (tertiary alicyclic amines) is 1. The molecule has 5 nitrogen and oxygen atoms in total. The Balaban J connectivity index is 1.71. The van der Waals surface area contributed by atoms with Crippen molar-refractivity contribution in [1.29, 1.82) is 0 Å². The number of benzene rings is 1. The molecule has 0 bridgehead atoms. The molecule has 7 heteroatoms. The van der Waals surface area contributed by atoms with Gasteiger partial charge in [-0.25, -0.2) is 12.8 Å². The molecule has 0 saturated carbocycles. The van der Waals surface area contributed by atoms with Gasteiger partial charge in [0.15, 0.2) is 0 Å². The van der Waals surface area contributed by atoms with Gasteiger partial charge in [-0.1, -0.05) is 12.8 Å². The van der Waals surface area contributed by atoms with E-state index >= 15 is 0 Å². The highest BCUT2D eigenvalue weighted by Crippen LogP contribution is 2.26. The molecule has 2 heterocycles. The minimum atomic E-state index is -3.69. The van der Waals surface area contributed by atoms with E-state index in [1.807, 2.05) is 4.90 Å². The summed E-state index contributed by atoms with van der Waals surface area (Å²) in [6.07, 6.45) is 5.75. The van der Waals surface area contributed by atoms with Crippen molar-refractivity contribution in [2.75, 3.05) is 26.2 Å². The minimum Gasteiger partial charge on any atom is -0.342 e. The maximum Gasteiger partial charge on any atom is 0.243 e. The highest BCUT2D eigenvalue weighted by atomic mass is 32.2. The Morgan fingerprint density at radius 3 is 2.24 bits per heavy atom. The van der Waals surface area contributed by atoms with Crippen LogP contribution in [0.4, 0.5) is 4.39 Å². The lowest BCUT2D eigenvalue weighted by Gasteiger charge is -2.34. The summed E-state index contributed by atoms with van der Waals surface area (Å²) in [5.41, 5.74) is 0. The molecule has 0 aliphatic carbocycles. The first-order valence-corrected chi connectivity index (χ1v) is 10.5. The number of carbonyl (C=O) groups excluding carboxylic acids is 1. The Bertz CT molecular complexity index is 698. The number of piperidine rings is 1. The lowest BCUT2D eigenvalue weighted by Crippen LogP contribution is -2.46. The number of rotatable bonds is 3. The maximum absolute atomic E-state index is 13.1. The van der Waals surface area contributed by atoms with Crippen LogP contribution in [0.15, 0.2) is 29.2 Å². The fraction of sp³-hybridized carbons (Fsp3) is 0.611. The number of hydrogen-bond acceptors (Lipinski definition) is 3. The number of amides is 1. The van der Waals surface area contributed by atoms with Gasteiger partial charge in [0.05, 0.1) is 10.8 Å². The van der Waals surface area contributed by atoms with Crippen LogP contribution in [-0.2, 0) is 14.8 Å². The second kappa shape index (κ2) is 7.83. The zero-order chi connectivity index (χ0) is 17.9. The van der Waals surface area contributed by atoms with E-state index in [9.17, 15) is 17.6 Å². The van der Waals surface area contributed by atoms with Gasteiger partial charge < -0.3 is 4.90 Å². The minimum absolute atomic E-state index is 0.0803. The molecule has 3 rings (SSSR count). The molecular weight excluding hydrogens is 343 g/mol. The van der Waals surface area contributed by atoms with Gasteiger partial charge in [0.2, 0.25) is 15.9 Å². The van der Waals surface area contributed by atoms with Crippen molar-refractivity contribution in [3.05, 3.63) is 30.1 Å². The van der Waals surface area contributed by atoms with Crippen LogP contribution < -0.4 is 0 Å². The van der Waals surface area contributed by atoms with Gasteiger partial charge >= 0.3 is 0 Å². The van der Waals surface area contributed by atoms with Crippen LogP contribution in [-0.4, -0.2) is 49.7 Å². The normalized spacial score (nSPS) is 23.2. The molecule has 0 radical (unpaired) electrons. The van der Waals surface area contributed by atoms with Gasteiger partial charge in [-0.05, 0) is 49.9 Å². The van der Waals surface area contributed by atoms with Crippen LogP contribution in [0.25, 0.3) is 0 Å². The largest absolute Gasteiger partial charge is 0.342 e. The third-order valence-corrected chi connectivity index (χ3v) is 6.98. The molecule has 0 aromatic heterocycles. The van der Waals surface area contributed by atoms with Crippen molar-refractivity contribution in [3.63, 3.8) is 0 Å². The summed E-state index contributed by atoms with van der Waals surface area (Å²) in [5.74, 6) is -0.658. The van der Waals surface area contributed by atoms with Gasteiger partial charge in [0.1, 0.15) is 5.82 Å². The van der Waals surface area contributed by atoms with E-state index in [4.69, 9.17) is 0 Å². The molecular formula is C18H25FN2O3S. The Morgan fingerprint density at radius 1 is 0.960 bits per heavy atom. The third-order valence-electron chi connectivity index (χ3n) is 5.10. The van der Waals surface area contributed by atoms with Gasteiger partial charge in [-0.15, -0.1) is 0 Å². The quantitative estimate of drug-likeness (QED) is 0.824. The van der Waals surface area contributed by atoms with E-state index in [1.165, 1.54) is 16.4 Å². The summed E-state index contributed by atoms with van der Waals surface area (Å²) in [6.45, 7) is 2.18. The summed E-state index contributed by atoms with van der Waals surface area (Å²) < 4.78 is 40.0. The molecule has 1 aromatic rings. The van der Waals surface area contributed by atoms with Crippen molar-refractivity contribution >= 4 is 15.9 Å². The number of sulfonamides is 1. The van der Waals surface area contributed by atoms with Crippen LogP contribution in [0.5, 0.6) is 0 Å². The van der Waals surface area contributed by atoms with E-state index in [-0.39, 0.29) is 23.3 Å². The van der Waals surface area contributed by atoms with Crippen LogP contribution in [0.2, 0.25) is 0 Å². The Hall–Kier alpha value is -1.47. The molecule has 1 atom stereocenters. The summed E-state index contributed by atoms with van der Waals surface area (Å²) in [7, 11) is -3.69. The second-order valence-electron chi connectivity index (χ2n) is 6.90. The van der Waals surface area contributed by atoms with Crippen LogP contribution in [0, 0.1) is 11.7 Å².